The van der Waals surface area contributed by atoms with Gasteiger partial charge in [-0.05, 0) is 94.1 Å². The molecule has 41 heavy (non-hydrogen) atoms. The second-order valence-electron chi connectivity index (χ2n) is 10.5. The van der Waals surface area contributed by atoms with Gasteiger partial charge in [0.2, 0.25) is 11.8 Å². The summed E-state index contributed by atoms with van der Waals surface area (Å²) in [4.78, 5) is 28.7. The van der Waals surface area contributed by atoms with Crippen molar-refractivity contribution in [3.63, 3.8) is 0 Å². The molecule has 0 fully saturated rings. The van der Waals surface area contributed by atoms with Crippen LogP contribution < -0.4 is 14.4 Å². The van der Waals surface area contributed by atoms with E-state index in [4.69, 9.17) is 4.74 Å². The van der Waals surface area contributed by atoms with E-state index >= 15 is 0 Å². The number of methoxy groups -OCH3 is 1. The molecule has 1 N–H and O–H groups in total. The van der Waals surface area contributed by atoms with Crippen LogP contribution in [-0.2, 0) is 26.2 Å². The van der Waals surface area contributed by atoms with E-state index in [1.54, 1.807) is 62.6 Å². The number of hydrogen-bond acceptors (Lipinski definition) is 5. The van der Waals surface area contributed by atoms with Gasteiger partial charge in [0.1, 0.15) is 18.3 Å². The van der Waals surface area contributed by atoms with Crippen molar-refractivity contribution in [2.45, 2.75) is 71.5 Å². The number of aryl methyl sites for hydroxylation is 3. The Balaban J connectivity index is 2.04. The van der Waals surface area contributed by atoms with Crippen molar-refractivity contribution in [3.05, 3.63) is 89.0 Å². The van der Waals surface area contributed by atoms with Crippen LogP contribution in [0.1, 0.15) is 49.4 Å². The van der Waals surface area contributed by atoms with E-state index in [-0.39, 0.29) is 23.4 Å². The third-order valence-corrected chi connectivity index (χ3v) is 9.13. The van der Waals surface area contributed by atoms with Crippen molar-refractivity contribution in [2.24, 2.45) is 0 Å². The molecule has 0 spiro atoms. The van der Waals surface area contributed by atoms with Crippen LogP contribution in [0.15, 0.2) is 71.6 Å². The number of benzene rings is 3. The molecule has 0 bridgehead atoms. The van der Waals surface area contributed by atoms with Crippen LogP contribution in [0, 0.1) is 20.8 Å². The summed E-state index contributed by atoms with van der Waals surface area (Å²) in [6.07, 6.45) is 0.736. The van der Waals surface area contributed by atoms with E-state index in [1.807, 2.05) is 52.8 Å². The second-order valence-corrected chi connectivity index (χ2v) is 12.3. The Morgan fingerprint density at radius 2 is 1.54 bits per heavy atom. The summed E-state index contributed by atoms with van der Waals surface area (Å²) < 4.78 is 34.3. The molecular formula is C32H41N3O5S. The Bertz CT molecular complexity index is 1450. The van der Waals surface area contributed by atoms with Crippen LogP contribution in [0.25, 0.3) is 0 Å². The minimum absolute atomic E-state index is 0.0724. The molecule has 2 unspecified atom stereocenters. The zero-order valence-corrected chi connectivity index (χ0v) is 25.8. The summed E-state index contributed by atoms with van der Waals surface area (Å²) in [5, 5.41) is 2.94. The second kappa shape index (κ2) is 13.7. The topological polar surface area (TPSA) is 96.0 Å². The lowest BCUT2D eigenvalue weighted by atomic mass is 10.1. The number of amides is 2. The van der Waals surface area contributed by atoms with Gasteiger partial charge in [0.15, 0.2) is 0 Å². The van der Waals surface area contributed by atoms with E-state index in [1.165, 1.54) is 4.90 Å². The van der Waals surface area contributed by atoms with E-state index < -0.39 is 28.5 Å². The van der Waals surface area contributed by atoms with Gasteiger partial charge in [-0.1, -0.05) is 42.8 Å². The van der Waals surface area contributed by atoms with Crippen molar-refractivity contribution in [1.29, 1.82) is 0 Å². The third-order valence-electron chi connectivity index (χ3n) is 7.35. The number of ether oxygens (including phenoxy) is 1. The lowest BCUT2D eigenvalue weighted by molar-refractivity contribution is -0.139. The SMILES string of the molecule is CCC(C)NC(=O)C(C)N(Cc1ccc(OC)cc1)C(=O)CN(c1ccc(C)c(C)c1)S(=O)(=O)c1ccc(C)cc1. The molecule has 2 atom stereocenters. The summed E-state index contributed by atoms with van der Waals surface area (Å²) in [6, 6.07) is 18.1. The third kappa shape index (κ3) is 7.88. The molecule has 0 aliphatic rings. The molecule has 0 saturated carbocycles. The normalized spacial score (nSPS) is 12.8. The Kier molecular flexibility index (Phi) is 10.6. The zero-order chi connectivity index (χ0) is 30.3. The van der Waals surface area contributed by atoms with Crippen molar-refractivity contribution in [2.75, 3.05) is 18.0 Å². The predicted molar refractivity (Wildman–Crippen MR) is 163 cm³/mol. The highest BCUT2D eigenvalue weighted by Gasteiger charge is 2.33. The van der Waals surface area contributed by atoms with Crippen molar-refractivity contribution in [3.8, 4) is 5.75 Å². The first kappa shape index (κ1) is 31.7. The number of hydrogen-bond donors (Lipinski definition) is 1. The fourth-order valence-corrected chi connectivity index (χ4v) is 5.63. The number of nitrogens with one attached hydrogen (secondary N) is 1. The Labute approximate surface area is 244 Å². The lowest BCUT2D eigenvalue weighted by Gasteiger charge is -2.32. The van der Waals surface area contributed by atoms with Gasteiger partial charge in [-0.2, -0.15) is 0 Å². The maximum absolute atomic E-state index is 14.1. The highest BCUT2D eigenvalue weighted by molar-refractivity contribution is 7.92. The van der Waals surface area contributed by atoms with E-state index in [9.17, 15) is 18.0 Å². The highest BCUT2D eigenvalue weighted by Crippen LogP contribution is 2.27. The molecule has 9 heteroatoms. The van der Waals surface area contributed by atoms with Crippen molar-refractivity contribution in [1.82, 2.24) is 10.2 Å². The molecule has 3 aromatic carbocycles. The molecule has 3 rings (SSSR count). The van der Waals surface area contributed by atoms with Gasteiger partial charge in [-0.3, -0.25) is 13.9 Å². The van der Waals surface area contributed by atoms with Crippen LogP contribution in [0.3, 0.4) is 0 Å². The average molecular weight is 580 g/mol. The van der Waals surface area contributed by atoms with Gasteiger partial charge in [-0.25, -0.2) is 8.42 Å². The fourth-order valence-electron chi connectivity index (χ4n) is 4.22. The lowest BCUT2D eigenvalue weighted by Crippen LogP contribution is -2.52. The fraction of sp³-hybridized carbons (Fsp3) is 0.375. The minimum Gasteiger partial charge on any atom is -0.497 e. The molecule has 0 radical (unpaired) electrons. The van der Waals surface area contributed by atoms with E-state index in [0.717, 1.165) is 33.0 Å². The molecule has 0 aliphatic carbocycles. The first-order valence-corrected chi connectivity index (χ1v) is 15.2. The molecule has 8 nitrogen and oxygen atoms in total. The number of anilines is 1. The minimum atomic E-state index is -4.11. The summed E-state index contributed by atoms with van der Waals surface area (Å²) in [6.45, 7) is 10.9. The maximum atomic E-state index is 14.1. The number of sulfonamides is 1. The van der Waals surface area contributed by atoms with E-state index in [2.05, 4.69) is 5.32 Å². The smallest absolute Gasteiger partial charge is 0.264 e. The summed E-state index contributed by atoms with van der Waals surface area (Å²) in [5.74, 6) is -0.138. The Morgan fingerprint density at radius 1 is 0.902 bits per heavy atom. The Hall–Kier alpha value is -3.85. The van der Waals surface area contributed by atoms with E-state index in [0.29, 0.717) is 11.4 Å². The largest absolute Gasteiger partial charge is 0.497 e. The maximum Gasteiger partial charge on any atom is 0.264 e. The molecular weight excluding hydrogens is 538 g/mol. The summed E-state index contributed by atoms with van der Waals surface area (Å²) in [7, 11) is -2.54. The number of rotatable bonds is 12. The van der Waals surface area contributed by atoms with Gasteiger partial charge >= 0.3 is 0 Å². The molecule has 2 amide bonds. The zero-order valence-electron chi connectivity index (χ0n) is 25.0. The number of carbonyl (C=O) groups excluding carboxylic acids is 2. The standard InChI is InChI=1S/C32H41N3O5S/c1-8-25(5)33-32(37)26(6)34(20-27-12-15-29(40-7)16-13-27)31(36)21-35(28-14-11-23(3)24(4)19-28)41(38,39)30-17-9-22(2)10-18-30/h9-19,25-26H,8,20-21H2,1-7H3,(H,33,37). The quantitative estimate of drug-likeness (QED) is 0.320. The van der Waals surface area contributed by atoms with Gasteiger partial charge in [0.05, 0.1) is 17.7 Å². The Morgan fingerprint density at radius 3 is 2.10 bits per heavy atom. The number of carbonyl (C=O) groups is 2. The molecule has 0 heterocycles. The van der Waals surface area contributed by atoms with Gasteiger partial charge in [0, 0.05) is 12.6 Å². The van der Waals surface area contributed by atoms with Crippen LogP contribution >= 0.6 is 0 Å². The van der Waals surface area contributed by atoms with Gasteiger partial charge in [-0.15, -0.1) is 0 Å². The molecule has 0 aliphatic heterocycles. The number of nitrogens with zero attached hydrogens (tertiary/aromatic N) is 2. The highest BCUT2D eigenvalue weighted by atomic mass is 32.2. The molecule has 220 valence electrons. The first-order valence-electron chi connectivity index (χ1n) is 13.8. The van der Waals surface area contributed by atoms with Crippen molar-refractivity contribution < 1.29 is 22.7 Å². The predicted octanol–water partition coefficient (Wildman–Crippen LogP) is 5.15. The monoisotopic (exact) mass is 579 g/mol. The van der Waals surface area contributed by atoms with Crippen LogP contribution in [0.4, 0.5) is 5.69 Å². The molecule has 0 saturated heterocycles. The summed E-state index contributed by atoms with van der Waals surface area (Å²) >= 11 is 0. The van der Waals surface area contributed by atoms with Gasteiger partial charge < -0.3 is 15.0 Å². The van der Waals surface area contributed by atoms with Crippen LogP contribution in [0.5, 0.6) is 5.75 Å². The molecule has 3 aromatic rings. The van der Waals surface area contributed by atoms with Crippen LogP contribution in [0.2, 0.25) is 0 Å². The molecule has 0 aromatic heterocycles. The van der Waals surface area contributed by atoms with Crippen LogP contribution in [-0.4, -0.2) is 50.9 Å². The van der Waals surface area contributed by atoms with Crippen molar-refractivity contribution >= 4 is 27.5 Å². The first-order chi connectivity index (χ1) is 19.4. The average Bonchev–Trinajstić information content (AvgIpc) is 2.96. The summed E-state index contributed by atoms with van der Waals surface area (Å²) in [5.41, 5.74) is 3.98. The van der Waals surface area contributed by atoms with Gasteiger partial charge in [0.25, 0.3) is 10.0 Å².